The fraction of sp³-hybridized carbons (Fsp3) is 0.650. The Hall–Kier alpha value is -4.71. The highest BCUT2D eigenvalue weighted by Gasteiger charge is 2.42. The van der Waals surface area contributed by atoms with Gasteiger partial charge in [-0.15, -0.1) is 0 Å². The SMILES string of the molecule is CC.CC.CC(C)(C)OC(=O)NCC(=O)N1CCCC1C(N)=O.CC(C)n1c(=O)[nH]c2c(C(=O)O)cccc21.CCCCC/C=C\C1CC1C(=O)NS(=O)(=O)N(C)C. The number of nitrogens with zero attached hydrogens (tertiary/aromatic N) is 3. The molecule has 2 aromatic rings. The highest BCUT2D eigenvalue weighted by atomic mass is 32.2. The molecule has 1 aromatic carbocycles. The van der Waals surface area contributed by atoms with Crippen molar-refractivity contribution in [3.63, 3.8) is 0 Å². The van der Waals surface area contributed by atoms with E-state index in [0.717, 1.165) is 23.6 Å². The van der Waals surface area contributed by atoms with E-state index in [-0.39, 0.29) is 41.6 Å². The van der Waals surface area contributed by atoms with E-state index < -0.39 is 45.7 Å². The molecule has 1 saturated heterocycles. The number of hydrogen-bond donors (Lipinski definition) is 5. The van der Waals surface area contributed by atoms with Gasteiger partial charge in [-0.3, -0.25) is 19.0 Å². The van der Waals surface area contributed by atoms with Crippen LogP contribution in [-0.4, -0.2) is 101 Å². The largest absolute Gasteiger partial charge is 0.478 e. The first-order chi connectivity index (χ1) is 27.1. The van der Waals surface area contributed by atoms with Gasteiger partial charge in [-0.05, 0) is 84.8 Å². The maximum atomic E-state index is 11.9. The van der Waals surface area contributed by atoms with Crippen molar-refractivity contribution in [2.75, 3.05) is 27.2 Å². The number of aromatic nitrogens is 2. The fourth-order valence-electron chi connectivity index (χ4n) is 5.57. The molecule has 58 heavy (non-hydrogen) atoms. The number of amides is 4. The number of carbonyl (C=O) groups excluding carboxylic acids is 4. The summed E-state index contributed by atoms with van der Waals surface area (Å²) in [5, 5.41) is 11.4. The van der Waals surface area contributed by atoms with Crippen LogP contribution in [0.4, 0.5) is 4.79 Å². The summed E-state index contributed by atoms with van der Waals surface area (Å²) in [5.41, 5.74) is 5.45. The second-order valence-electron chi connectivity index (χ2n) is 14.6. The Labute approximate surface area is 344 Å². The molecule has 330 valence electrons. The number of nitrogens with two attached hydrogens (primary N) is 1. The number of carboxylic acid groups (broad SMARTS) is 1. The number of allylic oxidation sites excluding steroid dienone is 2. The second-order valence-corrected chi connectivity index (χ2v) is 16.5. The lowest BCUT2D eigenvalue weighted by Gasteiger charge is -2.23. The van der Waals surface area contributed by atoms with Gasteiger partial charge in [0.1, 0.15) is 18.2 Å². The third-order valence-electron chi connectivity index (χ3n) is 8.43. The number of hydrogen-bond acceptors (Lipinski definition) is 9. The van der Waals surface area contributed by atoms with Crippen molar-refractivity contribution in [3.8, 4) is 0 Å². The van der Waals surface area contributed by atoms with Gasteiger partial charge >= 0.3 is 28.0 Å². The van der Waals surface area contributed by atoms with Gasteiger partial charge in [-0.25, -0.2) is 19.1 Å². The van der Waals surface area contributed by atoms with Gasteiger partial charge in [0.25, 0.3) is 0 Å². The highest BCUT2D eigenvalue weighted by molar-refractivity contribution is 7.87. The number of imidazole rings is 1. The number of para-hydroxylation sites is 1. The van der Waals surface area contributed by atoms with Crippen molar-refractivity contribution < 1.29 is 42.2 Å². The quantitative estimate of drug-likeness (QED) is 0.128. The zero-order chi connectivity index (χ0) is 45.0. The first-order valence-corrected chi connectivity index (χ1v) is 21.5. The minimum absolute atomic E-state index is 0.00899. The van der Waals surface area contributed by atoms with Crippen LogP contribution in [0.25, 0.3) is 11.0 Å². The number of fused-ring (bicyclic) bond motifs is 1. The van der Waals surface area contributed by atoms with E-state index in [0.29, 0.717) is 24.0 Å². The van der Waals surface area contributed by atoms with Gasteiger partial charge in [-0.2, -0.15) is 12.7 Å². The minimum atomic E-state index is -3.65. The van der Waals surface area contributed by atoms with Crippen molar-refractivity contribution in [1.82, 2.24) is 28.8 Å². The Bertz CT molecular complexity index is 1830. The summed E-state index contributed by atoms with van der Waals surface area (Å²) in [7, 11) is -0.856. The molecule has 0 spiro atoms. The monoisotopic (exact) mass is 839 g/mol. The van der Waals surface area contributed by atoms with Gasteiger partial charge < -0.3 is 30.8 Å². The van der Waals surface area contributed by atoms with Gasteiger partial charge in [0, 0.05) is 32.6 Å². The number of H-pyrrole nitrogens is 1. The van der Waals surface area contributed by atoms with E-state index >= 15 is 0 Å². The first-order valence-electron chi connectivity index (χ1n) is 20.0. The van der Waals surface area contributed by atoms with Crippen LogP contribution in [0.1, 0.15) is 131 Å². The maximum absolute atomic E-state index is 11.9. The predicted octanol–water partition coefficient (Wildman–Crippen LogP) is 5.33. The molecule has 3 atom stereocenters. The maximum Gasteiger partial charge on any atom is 0.408 e. The molecule has 2 aliphatic rings. The molecule has 1 aliphatic heterocycles. The number of aromatic carboxylic acids is 1. The number of rotatable bonds is 13. The normalized spacial score (nSPS) is 17.1. The number of likely N-dealkylation sites (tertiary alicyclic amines) is 1. The van der Waals surface area contributed by atoms with Crippen LogP contribution >= 0.6 is 0 Å². The second kappa shape index (κ2) is 25.6. The summed E-state index contributed by atoms with van der Waals surface area (Å²) < 4.78 is 32.6. The predicted molar refractivity (Wildman–Crippen MR) is 226 cm³/mol. The molecule has 0 bridgehead atoms. The number of alkyl carbamates (subject to hydrolysis) is 1. The first kappa shape index (κ1) is 53.3. The van der Waals surface area contributed by atoms with Crippen molar-refractivity contribution in [2.45, 2.75) is 132 Å². The van der Waals surface area contributed by atoms with Gasteiger partial charge in [-0.1, -0.05) is 65.7 Å². The smallest absolute Gasteiger partial charge is 0.408 e. The van der Waals surface area contributed by atoms with E-state index in [1.165, 1.54) is 44.3 Å². The third kappa shape index (κ3) is 17.8. The molecule has 3 unspecified atom stereocenters. The van der Waals surface area contributed by atoms with E-state index in [4.69, 9.17) is 15.6 Å². The van der Waals surface area contributed by atoms with Crippen molar-refractivity contribution in [3.05, 3.63) is 46.4 Å². The number of carboxylic acids is 1. The molecule has 2 fully saturated rings. The van der Waals surface area contributed by atoms with E-state index in [2.05, 4.69) is 28.0 Å². The Morgan fingerprint density at radius 2 is 1.71 bits per heavy atom. The average molecular weight is 840 g/mol. The molecular formula is C40H69N7O10S. The summed E-state index contributed by atoms with van der Waals surface area (Å²) in [6, 6.07) is 4.28. The lowest BCUT2D eigenvalue weighted by atomic mass is 10.2. The van der Waals surface area contributed by atoms with Crippen LogP contribution in [0, 0.1) is 11.8 Å². The van der Waals surface area contributed by atoms with Crippen molar-refractivity contribution in [2.24, 2.45) is 17.6 Å². The average Bonchev–Trinajstić information content (AvgIpc) is 3.58. The van der Waals surface area contributed by atoms with Gasteiger partial charge in [0.05, 0.1) is 16.6 Å². The molecule has 18 heteroatoms. The Kier molecular flexibility index (Phi) is 23.5. The molecule has 0 radical (unpaired) electrons. The van der Waals surface area contributed by atoms with Crippen LogP contribution in [-0.2, 0) is 29.3 Å². The van der Waals surface area contributed by atoms with Gasteiger partial charge in [0.15, 0.2) is 0 Å². The molecular weight excluding hydrogens is 771 g/mol. The lowest BCUT2D eigenvalue weighted by molar-refractivity contribution is -0.136. The standard InChI is InChI=1S/C13H24N2O3S.C12H21N3O4.C11H12N2O3.2C2H6/c1-4-5-6-7-8-9-11-10-12(11)13(16)14-19(17,18)15(2)3;1-12(2,3)19-11(18)14-7-9(16)15-6-4-5-8(15)10(13)17;1-6(2)13-8-5-3-4-7(10(14)15)9(8)12-11(13)16;2*1-2/h8-9,11-12H,4-7,10H2,1-3H3,(H,14,16);8H,4-7H2,1-3H3,(H2,13,17)(H,14,18);3-6H,1-2H3,(H,12,16)(H,14,15);2*1-2H3/b9-8-;;;;. The van der Waals surface area contributed by atoms with E-state index in [9.17, 15) is 37.2 Å². The molecule has 4 amide bonds. The van der Waals surface area contributed by atoms with Crippen molar-refractivity contribution in [1.29, 1.82) is 0 Å². The molecule has 6 N–H and O–H groups in total. The Balaban J connectivity index is 0.000000806. The third-order valence-corrected chi connectivity index (χ3v) is 9.85. The van der Waals surface area contributed by atoms with Crippen LogP contribution in [0.3, 0.4) is 0 Å². The molecule has 2 heterocycles. The number of benzene rings is 1. The lowest BCUT2D eigenvalue weighted by Crippen LogP contribution is -2.48. The van der Waals surface area contributed by atoms with Crippen LogP contribution in [0.5, 0.6) is 0 Å². The highest BCUT2D eigenvalue weighted by Crippen LogP contribution is 2.40. The van der Waals surface area contributed by atoms with E-state index in [1.807, 2.05) is 47.6 Å². The summed E-state index contributed by atoms with van der Waals surface area (Å²) in [4.78, 5) is 72.8. The van der Waals surface area contributed by atoms with E-state index in [1.54, 1.807) is 37.5 Å². The molecule has 17 nitrogen and oxygen atoms in total. The van der Waals surface area contributed by atoms with Crippen LogP contribution in [0.15, 0.2) is 35.1 Å². The fourth-order valence-corrected chi connectivity index (χ4v) is 6.16. The molecule has 1 aliphatic carbocycles. The minimum Gasteiger partial charge on any atom is -0.478 e. The zero-order valence-corrected chi connectivity index (χ0v) is 37.3. The molecule has 1 saturated carbocycles. The summed E-state index contributed by atoms with van der Waals surface area (Å²) in [6.45, 7) is 19.4. The van der Waals surface area contributed by atoms with Crippen LogP contribution in [0.2, 0.25) is 0 Å². The number of carbonyl (C=O) groups is 5. The summed E-state index contributed by atoms with van der Waals surface area (Å²) in [5.74, 6) is -2.24. The Morgan fingerprint density at radius 1 is 1.09 bits per heavy atom. The molecule has 1 aromatic heterocycles. The van der Waals surface area contributed by atoms with Gasteiger partial charge in [0.2, 0.25) is 17.7 Å². The zero-order valence-electron chi connectivity index (χ0n) is 36.5. The summed E-state index contributed by atoms with van der Waals surface area (Å²) in [6.07, 6.45) is 10.2. The molecule has 4 rings (SSSR count). The number of primary amides is 1. The number of ether oxygens (including phenoxy) is 1. The van der Waals surface area contributed by atoms with Crippen molar-refractivity contribution >= 4 is 51.0 Å². The van der Waals surface area contributed by atoms with Crippen LogP contribution < -0.4 is 21.5 Å². The number of unbranched alkanes of at least 4 members (excludes halogenated alkanes) is 3. The number of nitrogens with one attached hydrogen (secondary N) is 3. The number of aromatic amines is 1. The summed E-state index contributed by atoms with van der Waals surface area (Å²) >= 11 is 0. The topological polar surface area (TPSA) is 243 Å². The Morgan fingerprint density at radius 3 is 2.22 bits per heavy atom.